The minimum atomic E-state index is 0.135. The van der Waals surface area contributed by atoms with Crippen molar-refractivity contribution in [2.75, 3.05) is 25.0 Å². The van der Waals surface area contributed by atoms with Crippen molar-refractivity contribution in [2.24, 2.45) is 0 Å². The monoisotopic (exact) mass is 298 g/mol. The standard InChI is InChI=1S/C18H19ClN2/c1-21-12-18(15-11-14(19)7-8-16(15)21)9-10-20-17(18)13-5-3-2-4-6-13/h2-8,11,17,20H,9-10,12H2,1H3/t17-,18-/m1/s1. The molecule has 0 aliphatic carbocycles. The predicted molar refractivity (Wildman–Crippen MR) is 88.2 cm³/mol. The number of nitrogens with one attached hydrogen (secondary N) is 1. The summed E-state index contributed by atoms with van der Waals surface area (Å²) in [7, 11) is 2.18. The minimum Gasteiger partial charge on any atom is -0.373 e. The summed E-state index contributed by atoms with van der Waals surface area (Å²) < 4.78 is 0. The average Bonchev–Trinajstić information content (AvgIpc) is 3.03. The highest BCUT2D eigenvalue weighted by molar-refractivity contribution is 6.30. The van der Waals surface area contributed by atoms with E-state index in [2.05, 4.69) is 59.7 Å². The summed E-state index contributed by atoms with van der Waals surface area (Å²) in [4.78, 5) is 2.37. The van der Waals surface area contributed by atoms with Crippen molar-refractivity contribution < 1.29 is 0 Å². The summed E-state index contributed by atoms with van der Waals surface area (Å²) in [5.41, 5.74) is 4.23. The highest BCUT2D eigenvalue weighted by Crippen LogP contribution is 2.52. The van der Waals surface area contributed by atoms with Crippen LogP contribution in [0.4, 0.5) is 5.69 Å². The third kappa shape index (κ3) is 1.90. The molecule has 2 aliphatic rings. The first-order valence-corrected chi connectivity index (χ1v) is 7.88. The van der Waals surface area contributed by atoms with Crippen LogP contribution in [0.2, 0.25) is 5.02 Å². The SMILES string of the molecule is CN1C[C@]2(CCN[C@@H]2c2ccccc2)c2cc(Cl)ccc21. The first-order valence-electron chi connectivity index (χ1n) is 7.50. The third-order valence-electron chi connectivity index (χ3n) is 5.03. The predicted octanol–water partition coefficient (Wildman–Crippen LogP) is 3.76. The highest BCUT2D eigenvalue weighted by atomic mass is 35.5. The number of fused-ring (bicyclic) bond motifs is 2. The zero-order chi connectivity index (χ0) is 14.4. The Kier molecular flexibility index (Phi) is 2.98. The van der Waals surface area contributed by atoms with Gasteiger partial charge < -0.3 is 10.2 Å². The zero-order valence-electron chi connectivity index (χ0n) is 12.1. The van der Waals surface area contributed by atoms with Crippen molar-refractivity contribution in [1.82, 2.24) is 5.32 Å². The largest absolute Gasteiger partial charge is 0.373 e. The van der Waals surface area contributed by atoms with Crippen molar-refractivity contribution in [3.63, 3.8) is 0 Å². The van der Waals surface area contributed by atoms with Crippen molar-refractivity contribution in [3.8, 4) is 0 Å². The first kappa shape index (κ1) is 13.2. The molecule has 108 valence electrons. The molecule has 1 spiro atoms. The quantitative estimate of drug-likeness (QED) is 0.862. The number of halogens is 1. The van der Waals surface area contributed by atoms with Crippen LogP contribution in [0.25, 0.3) is 0 Å². The van der Waals surface area contributed by atoms with E-state index in [9.17, 15) is 0 Å². The lowest BCUT2D eigenvalue weighted by molar-refractivity contribution is 0.402. The van der Waals surface area contributed by atoms with E-state index in [-0.39, 0.29) is 5.41 Å². The van der Waals surface area contributed by atoms with Crippen LogP contribution in [-0.2, 0) is 5.41 Å². The number of nitrogens with zero attached hydrogens (tertiary/aromatic N) is 1. The molecule has 4 rings (SSSR count). The van der Waals surface area contributed by atoms with Gasteiger partial charge in [-0.1, -0.05) is 41.9 Å². The van der Waals surface area contributed by atoms with Gasteiger partial charge in [0.15, 0.2) is 0 Å². The molecule has 0 unspecified atom stereocenters. The van der Waals surface area contributed by atoms with Gasteiger partial charge in [0.25, 0.3) is 0 Å². The molecule has 0 radical (unpaired) electrons. The fraction of sp³-hybridized carbons (Fsp3) is 0.333. The minimum absolute atomic E-state index is 0.135. The zero-order valence-corrected chi connectivity index (χ0v) is 12.9. The van der Waals surface area contributed by atoms with Crippen LogP contribution < -0.4 is 10.2 Å². The Morgan fingerprint density at radius 2 is 2.00 bits per heavy atom. The molecule has 2 aromatic rings. The molecule has 2 atom stereocenters. The number of rotatable bonds is 1. The van der Waals surface area contributed by atoms with E-state index in [1.54, 1.807) is 0 Å². The van der Waals surface area contributed by atoms with Gasteiger partial charge in [-0.3, -0.25) is 0 Å². The second-order valence-electron chi connectivity index (χ2n) is 6.22. The lowest BCUT2D eigenvalue weighted by Crippen LogP contribution is -2.37. The van der Waals surface area contributed by atoms with Gasteiger partial charge in [0.2, 0.25) is 0 Å². The topological polar surface area (TPSA) is 15.3 Å². The van der Waals surface area contributed by atoms with Crippen molar-refractivity contribution >= 4 is 17.3 Å². The second kappa shape index (κ2) is 4.75. The number of hydrogen-bond acceptors (Lipinski definition) is 2. The Labute approximate surface area is 130 Å². The van der Waals surface area contributed by atoms with Gasteiger partial charge in [0.05, 0.1) is 0 Å². The summed E-state index contributed by atoms with van der Waals surface area (Å²) in [5.74, 6) is 0. The van der Waals surface area contributed by atoms with Gasteiger partial charge in [-0.15, -0.1) is 0 Å². The van der Waals surface area contributed by atoms with Crippen LogP contribution in [0, 0.1) is 0 Å². The summed E-state index contributed by atoms with van der Waals surface area (Å²) in [5, 5.41) is 4.55. The molecule has 1 fully saturated rings. The fourth-order valence-corrected chi connectivity index (χ4v) is 4.33. The van der Waals surface area contributed by atoms with E-state index in [0.29, 0.717) is 6.04 Å². The fourth-order valence-electron chi connectivity index (χ4n) is 4.16. The van der Waals surface area contributed by atoms with Gasteiger partial charge in [0, 0.05) is 35.8 Å². The molecular weight excluding hydrogens is 280 g/mol. The molecule has 1 saturated heterocycles. The van der Waals surface area contributed by atoms with Crippen molar-refractivity contribution in [2.45, 2.75) is 17.9 Å². The summed E-state index contributed by atoms with van der Waals surface area (Å²) in [6, 6.07) is 17.5. The van der Waals surface area contributed by atoms with Crippen LogP contribution >= 0.6 is 11.6 Å². The molecule has 21 heavy (non-hydrogen) atoms. The molecule has 1 N–H and O–H groups in total. The summed E-state index contributed by atoms with van der Waals surface area (Å²) >= 11 is 6.29. The van der Waals surface area contributed by atoms with Crippen LogP contribution in [0.15, 0.2) is 48.5 Å². The smallest absolute Gasteiger partial charge is 0.0436 e. The van der Waals surface area contributed by atoms with Gasteiger partial charge in [-0.2, -0.15) is 0 Å². The molecule has 2 aliphatic heterocycles. The molecule has 2 heterocycles. The lowest BCUT2D eigenvalue weighted by atomic mass is 9.73. The number of hydrogen-bond donors (Lipinski definition) is 1. The van der Waals surface area contributed by atoms with Gasteiger partial charge in [-0.25, -0.2) is 0 Å². The molecule has 2 nitrogen and oxygen atoms in total. The molecule has 0 bridgehead atoms. The molecule has 3 heteroatoms. The summed E-state index contributed by atoms with van der Waals surface area (Å²) in [6.07, 6.45) is 1.16. The molecule has 0 saturated carbocycles. The van der Waals surface area contributed by atoms with Crippen LogP contribution in [0.5, 0.6) is 0 Å². The van der Waals surface area contributed by atoms with Crippen LogP contribution in [0.3, 0.4) is 0 Å². The van der Waals surface area contributed by atoms with E-state index >= 15 is 0 Å². The number of likely N-dealkylation sites (N-methyl/N-ethyl adjacent to an activating group) is 1. The maximum atomic E-state index is 6.29. The van der Waals surface area contributed by atoms with Gasteiger partial charge >= 0.3 is 0 Å². The Bertz CT molecular complexity index is 670. The van der Waals surface area contributed by atoms with Crippen molar-refractivity contribution in [1.29, 1.82) is 0 Å². The van der Waals surface area contributed by atoms with E-state index in [1.165, 1.54) is 16.8 Å². The molecule has 0 aromatic heterocycles. The maximum Gasteiger partial charge on any atom is 0.0436 e. The van der Waals surface area contributed by atoms with E-state index in [1.807, 2.05) is 6.07 Å². The molecule has 0 amide bonds. The van der Waals surface area contributed by atoms with Crippen molar-refractivity contribution in [3.05, 3.63) is 64.7 Å². The normalized spacial score (nSPS) is 27.3. The Morgan fingerprint density at radius 1 is 1.19 bits per heavy atom. The van der Waals surface area contributed by atoms with Gasteiger partial charge in [0.1, 0.15) is 0 Å². The second-order valence-corrected chi connectivity index (χ2v) is 6.66. The van der Waals surface area contributed by atoms with Gasteiger partial charge in [-0.05, 0) is 42.3 Å². The van der Waals surface area contributed by atoms with Crippen LogP contribution in [-0.4, -0.2) is 20.1 Å². The molecule has 2 aromatic carbocycles. The maximum absolute atomic E-state index is 6.29. The molecular formula is C18H19ClN2. The van der Waals surface area contributed by atoms with Crippen LogP contribution in [0.1, 0.15) is 23.6 Å². The lowest BCUT2D eigenvalue weighted by Gasteiger charge is -2.32. The Hall–Kier alpha value is -1.51. The van der Waals surface area contributed by atoms with E-state index in [4.69, 9.17) is 11.6 Å². The average molecular weight is 299 g/mol. The third-order valence-corrected chi connectivity index (χ3v) is 5.27. The van der Waals surface area contributed by atoms with E-state index < -0.39 is 0 Å². The van der Waals surface area contributed by atoms with E-state index in [0.717, 1.165) is 24.5 Å². The Morgan fingerprint density at radius 3 is 2.81 bits per heavy atom. The first-order chi connectivity index (χ1) is 10.2. The Balaban J connectivity index is 1.86. The highest BCUT2D eigenvalue weighted by Gasteiger charge is 2.50. The summed E-state index contributed by atoms with van der Waals surface area (Å²) in [6.45, 7) is 2.11. The number of anilines is 1. The number of benzene rings is 2.